The van der Waals surface area contributed by atoms with Crippen LogP contribution in [0, 0.1) is 0 Å². The van der Waals surface area contributed by atoms with Gasteiger partial charge in [-0.15, -0.1) is 0 Å². The van der Waals surface area contributed by atoms with E-state index in [1.54, 1.807) is 7.11 Å². The molecular weight excluding hydrogens is 314 g/mol. The van der Waals surface area contributed by atoms with E-state index in [9.17, 15) is 0 Å². The van der Waals surface area contributed by atoms with Crippen LogP contribution in [0.4, 0.5) is 0 Å². The Morgan fingerprint density at radius 1 is 1.25 bits per heavy atom. The van der Waals surface area contributed by atoms with Gasteiger partial charge in [0.2, 0.25) is 0 Å². The van der Waals surface area contributed by atoms with Gasteiger partial charge >= 0.3 is 0 Å². The van der Waals surface area contributed by atoms with Crippen molar-refractivity contribution in [3.05, 3.63) is 63.6 Å². The van der Waals surface area contributed by atoms with Crippen LogP contribution in [0.25, 0.3) is 0 Å². The van der Waals surface area contributed by atoms with Crippen molar-refractivity contribution in [2.24, 2.45) is 0 Å². The van der Waals surface area contributed by atoms with Gasteiger partial charge in [0.15, 0.2) is 0 Å². The second kappa shape index (κ2) is 5.98. The third-order valence-electron chi connectivity index (χ3n) is 3.87. The van der Waals surface area contributed by atoms with E-state index in [0.29, 0.717) is 6.04 Å². The molecule has 1 atom stereocenters. The number of rotatable bonds is 3. The highest BCUT2D eigenvalue weighted by molar-refractivity contribution is 9.10. The van der Waals surface area contributed by atoms with Crippen LogP contribution in [0.5, 0.6) is 5.75 Å². The van der Waals surface area contributed by atoms with Gasteiger partial charge in [0.05, 0.1) is 11.6 Å². The van der Waals surface area contributed by atoms with Crippen molar-refractivity contribution in [2.75, 3.05) is 13.7 Å². The zero-order chi connectivity index (χ0) is 13.9. The van der Waals surface area contributed by atoms with E-state index in [1.807, 2.05) is 6.07 Å². The molecular formula is C17H18BrNO. The summed E-state index contributed by atoms with van der Waals surface area (Å²) in [7, 11) is 1.69. The van der Waals surface area contributed by atoms with Gasteiger partial charge < -0.3 is 10.1 Å². The van der Waals surface area contributed by atoms with Crippen LogP contribution in [0.3, 0.4) is 0 Å². The molecule has 3 heteroatoms. The molecule has 2 aromatic carbocycles. The van der Waals surface area contributed by atoms with E-state index < -0.39 is 0 Å². The van der Waals surface area contributed by atoms with Gasteiger partial charge in [0.25, 0.3) is 0 Å². The van der Waals surface area contributed by atoms with Crippen molar-refractivity contribution in [3.63, 3.8) is 0 Å². The predicted molar refractivity (Wildman–Crippen MR) is 85.3 cm³/mol. The molecule has 1 aliphatic rings. The SMILES string of the molecule is COc1ccc(CC2NCCc3ccccc32)cc1Br. The Hall–Kier alpha value is -1.32. The first-order chi connectivity index (χ1) is 9.78. The molecule has 0 aliphatic carbocycles. The average Bonchev–Trinajstić information content (AvgIpc) is 2.48. The highest BCUT2D eigenvalue weighted by Crippen LogP contribution is 2.30. The lowest BCUT2D eigenvalue weighted by Gasteiger charge is -2.27. The van der Waals surface area contributed by atoms with Crippen molar-refractivity contribution in [2.45, 2.75) is 18.9 Å². The van der Waals surface area contributed by atoms with Crippen molar-refractivity contribution >= 4 is 15.9 Å². The fourth-order valence-corrected chi connectivity index (χ4v) is 3.44. The van der Waals surface area contributed by atoms with Crippen molar-refractivity contribution in [3.8, 4) is 5.75 Å². The number of ether oxygens (including phenoxy) is 1. The molecule has 1 unspecified atom stereocenters. The molecule has 20 heavy (non-hydrogen) atoms. The lowest BCUT2D eigenvalue weighted by atomic mass is 9.90. The molecule has 2 nitrogen and oxygen atoms in total. The van der Waals surface area contributed by atoms with E-state index in [0.717, 1.165) is 29.6 Å². The zero-order valence-corrected chi connectivity index (χ0v) is 13.1. The average molecular weight is 332 g/mol. The molecule has 104 valence electrons. The lowest BCUT2D eigenvalue weighted by molar-refractivity contribution is 0.411. The lowest BCUT2D eigenvalue weighted by Crippen LogP contribution is -2.31. The van der Waals surface area contributed by atoms with E-state index in [-0.39, 0.29) is 0 Å². The van der Waals surface area contributed by atoms with Crippen LogP contribution in [-0.2, 0) is 12.8 Å². The minimum atomic E-state index is 0.403. The molecule has 0 spiro atoms. The molecule has 0 aromatic heterocycles. The van der Waals surface area contributed by atoms with Gasteiger partial charge in [-0.05, 0) is 64.1 Å². The summed E-state index contributed by atoms with van der Waals surface area (Å²) in [6.45, 7) is 1.05. The number of methoxy groups -OCH3 is 1. The summed E-state index contributed by atoms with van der Waals surface area (Å²) in [5.74, 6) is 0.880. The highest BCUT2D eigenvalue weighted by atomic mass is 79.9. The van der Waals surface area contributed by atoms with Crippen LogP contribution in [0.2, 0.25) is 0 Å². The Morgan fingerprint density at radius 2 is 2.10 bits per heavy atom. The topological polar surface area (TPSA) is 21.3 Å². The number of fused-ring (bicyclic) bond motifs is 1. The normalized spacial score (nSPS) is 17.6. The molecule has 2 aromatic rings. The van der Waals surface area contributed by atoms with Gasteiger partial charge in [-0.1, -0.05) is 30.3 Å². The Bertz CT molecular complexity index is 612. The smallest absolute Gasteiger partial charge is 0.133 e. The number of halogens is 1. The summed E-state index contributed by atoms with van der Waals surface area (Å²) in [5.41, 5.74) is 4.22. The molecule has 0 saturated heterocycles. The Labute approximate surface area is 128 Å². The summed E-state index contributed by atoms with van der Waals surface area (Å²) < 4.78 is 6.30. The molecule has 1 heterocycles. The fraction of sp³-hybridized carbons (Fsp3) is 0.294. The standard InChI is InChI=1S/C17H18BrNO/c1-20-17-7-6-12(10-15(17)18)11-16-14-5-3-2-4-13(14)8-9-19-16/h2-7,10,16,19H,8-9,11H2,1H3. The molecule has 1 aliphatic heterocycles. The number of benzene rings is 2. The Morgan fingerprint density at radius 3 is 2.90 bits per heavy atom. The van der Waals surface area contributed by atoms with Crippen LogP contribution in [0.15, 0.2) is 46.9 Å². The summed E-state index contributed by atoms with van der Waals surface area (Å²) in [5, 5.41) is 3.63. The second-order valence-electron chi connectivity index (χ2n) is 5.13. The van der Waals surface area contributed by atoms with Crippen LogP contribution in [-0.4, -0.2) is 13.7 Å². The van der Waals surface area contributed by atoms with Gasteiger partial charge in [-0.3, -0.25) is 0 Å². The fourth-order valence-electron chi connectivity index (χ4n) is 2.85. The summed E-state index contributed by atoms with van der Waals surface area (Å²) in [4.78, 5) is 0. The molecule has 0 saturated carbocycles. The van der Waals surface area contributed by atoms with E-state index in [1.165, 1.54) is 16.7 Å². The van der Waals surface area contributed by atoms with Crippen LogP contribution >= 0.6 is 15.9 Å². The van der Waals surface area contributed by atoms with Crippen molar-refractivity contribution in [1.29, 1.82) is 0 Å². The number of hydrogen-bond acceptors (Lipinski definition) is 2. The first kappa shape index (κ1) is 13.7. The Balaban J connectivity index is 1.84. The third-order valence-corrected chi connectivity index (χ3v) is 4.49. The molecule has 0 fully saturated rings. The largest absolute Gasteiger partial charge is 0.496 e. The monoisotopic (exact) mass is 331 g/mol. The van der Waals surface area contributed by atoms with Gasteiger partial charge in [0.1, 0.15) is 5.75 Å². The summed E-state index contributed by atoms with van der Waals surface area (Å²) in [6, 6.07) is 15.5. The Kier molecular flexibility index (Phi) is 4.08. The quantitative estimate of drug-likeness (QED) is 0.921. The molecule has 0 radical (unpaired) electrons. The first-order valence-electron chi connectivity index (χ1n) is 6.91. The van der Waals surface area contributed by atoms with E-state index in [4.69, 9.17) is 4.74 Å². The second-order valence-corrected chi connectivity index (χ2v) is 5.98. The molecule has 1 N–H and O–H groups in total. The number of nitrogens with one attached hydrogen (secondary N) is 1. The minimum absolute atomic E-state index is 0.403. The van der Waals surface area contributed by atoms with Gasteiger partial charge in [0, 0.05) is 6.04 Å². The van der Waals surface area contributed by atoms with E-state index in [2.05, 4.69) is 57.6 Å². The highest BCUT2D eigenvalue weighted by Gasteiger charge is 2.19. The van der Waals surface area contributed by atoms with E-state index >= 15 is 0 Å². The number of hydrogen-bond donors (Lipinski definition) is 1. The molecule has 0 bridgehead atoms. The van der Waals surface area contributed by atoms with Crippen molar-refractivity contribution in [1.82, 2.24) is 5.32 Å². The molecule has 0 amide bonds. The predicted octanol–water partition coefficient (Wildman–Crippen LogP) is 3.89. The third kappa shape index (κ3) is 2.74. The minimum Gasteiger partial charge on any atom is -0.496 e. The van der Waals surface area contributed by atoms with Crippen LogP contribution in [0.1, 0.15) is 22.7 Å². The maximum absolute atomic E-state index is 5.28. The summed E-state index contributed by atoms with van der Waals surface area (Å²) >= 11 is 3.56. The van der Waals surface area contributed by atoms with Crippen LogP contribution < -0.4 is 10.1 Å². The van der Waals surface area contributed by atoms with Gasteiger partial charge in [-0.2, -0.15) is 0 Å². The van der Waals surface area contributed by atoms with Crippen molar-refractivity contribution < 1.29 is 4.74 Å². The molecule has 3 rings (SSSR count). The van der Waals surface area contributed by atoms with Gasteiger partial charge in [-0.25, -0.2) is 0 Å². The maximum atomic E-state index is 5.28. The maximum Gasteiger partial charge on any atom is 0.133 e. The zero-order valence-electron chi connectivity index (χ0n) is 11.5. The summed E-state index contributed by atoms with van der Waals surface area (Å²) in [6.07, 6.45) is 2.12. The first-order valence-corrected chi connectivity index (χ1v) is 7.71.